The van der Waals surface area contributed by atoms with Crippen molar-refractivity contribution in [3.63, 3.8) is 0 Å². The highest BCUT2D eigenvalue weighted by Crippen LogP contribution is 2.64. The number of fused-ring (bicyclic) bond motifs is 4. The number of likely N-dealkylation sites (tertiary alicyclic amines) is 1. The zero-order chi connectivity index (χ0) is 31.6. The number of ether oxygens (including phenoxy) is 2. The second-order valence-corrected chi connectivity index (χ2v) is 13.7. The standard InChI is InChI=1S/C38H39FN4O4/c39-31-21-30-33-25(7-8-26(36(30)44)38(45)41-10-9-24-6-3-12-43(24)35-28-20-29(28)35)27-18-22-4-1-2-5-23(22)19-32(27)47-37(33)34(31)40-11-13-42-14-16-46-17-15-42/h1-2,4-5,8,18-19,21,24-25,28,40H,3,6-7,9-17,20H2,(H,41,45). The molecule has 6 aliphatic rings. The Morgan fingerprint density at radius 2 is 1.83 bits per heavy atom. The number of nitrogens with one attached hydrogen (secondary N) is 2. The third-order valence-corrected chi connectivity index (χ3v) is 10.9. The summed E-state index contributed by atoms with van der Waals surface area (Å²) >= 11 is 0. The molecule has 3 unspecified atom stereocenters. The van der Waals surface area contributed by atoms with Gasteiger partial charge in [0.25, 0.3) is 5.91 Å². The van der Waals surface area contributed by atoms with Crippen molar-refractivity contribution >= 4 is 28.2 Å². The summed E-state index contributed by atoms with van der Waals surface area (Å²) in [6.45, 7) is 5.90. The Kier molecular flexibility index (Phi) is 7.08. The van der Waals surface area contributed by atoms with Crippen LogP contribution in [0.2, 0.25) is 0 Å². The molecular weight excluding hydrogens is 595 g/mol. The fraction of sp³-hybridized carbons (Fsp3) is 0.421. The molecule has 9 heteroatoms. The summed E-state index contributed by atoms with van der Waals surface area (Å²) in [5, 5.41) is 8.42. The molecule has 3 heterocycles. The number of Topliss-reactive ketones (excluding diaryl/α,β-unsaturated/α-hetero) is 1. The summed E-state index contributed by atoms with van der Waals surface area (Å²) in [7, 11) is 0. The number of hydrogen-bond donors (Lipinski definition) is 2. The number of amides is 1. The molecule has 1 amide bonds. The molecule has 0 aromatic heterocycles. The van der Waals surface area contributed by atoms with Crippen molar-refractivity contribution in [2.24, 2.45) is 5.92 Å². The Morgan fingerprint density at radius 1 is 1.02 bits per heavy atom. The van der Waals surface area contributed by atoms with Gasteiger partial charge in [0.1, 0.15) is 11.4 Å². The van der Waals surface area contributed by atoms with Crippen LogP contribution >= 0.6 is 0 Å². The molecule has 2 saturated heterocycles. The molecule has 9 rings (SSSR count). The number of carbonyl (C=O) groups is 2. The topological polar surface area (TPSA) is 83.1 Å². The molecule has 242 valence electrons. The van der Waals surface area contributed by atoms with Crippen LogP contribution in [0.25, 0.3) is 10.8 Å². The lowest BCUT2D eigenvalue weighted by atomic mass is 9.82. The molecule has 2 N–H and O–H groups in total. The zero-order valence-electron chi connectivity index (χ0n) is 26.4. The Morgan fingerprint density at radius 3 is 2.62 bits per heavy atom. The van der Waals surface area contributed by atoms with E-state index < -0.39 is 17.5 Å². The average Bonchev–Trinajstić information content (AvgIpc) is 3.98. The number of anilines is 1. The van der Waals surface area contributed by atoms with Crippen molar-refractivity contribution in [1.82, 2.24) is 15.1 Å². The van der Waals surface area contributed by atoms with E-state index in [1.54, 1.807) is 17.3 Å². The van der Waals surface area contributed by atoms with E-state index in [1.807, 2.05) is 24.3 Å². The number of carbonyl (C=O) groups excluding carboxylic acids is 2. The van der Waals surface area contributed by atoms with Crippen LogP contribution in [0.1, 0.15) is 59.5 Å². The highest BCUT2D eigenvalue weighted by atomic mass is 19.1. The fourth-order valence-electron chi connectivity index (χ4n) is 8.21. The van der Waals surface area contributed by atoms with Gasteiger partial charge in [0.15, 0.2) is 17.3 Å². The predicted octanol–water partition coefficient (Wildman–Crippen LogP) is 5.73. The average molecular weight is 635 g/mol. The van der Waals surface area contributed by atoms with Gasteiger partial charge in [-0.15, -0.1) is 0 Å². The Labute approximate surface area is 273 Å². The van der Waals surface area contributed by atoms with Crippen molar-refractivity contribution in [1.29, 1.82) is 0 Å². The molecule has 3 aromatic carbocycles. The van der Waals surface area contributed by atoms with Crippen LogP contribution in [-0.4, -0.2) is 80.0 Å². The van der Waals surface area contributed by atoms with Crippen molar-refractivity contribution in [2.75, 3.05) is 57.8 Å². The Hall–Kier alpha value is -4.21. The van der Waals surface area contributed by atoms with Crippen molar-refractivity contribution < 1.29 is 23.5 Å². The van der Waals surface area contributed by atoms with Crippen LogP contribution in [0.15, 0.2) is 65.4 Å². The first-order valence-electron chi connectivity index (χ1n) is 17.2. The zero-order valence-corrected chi connectivity index (χ0v) is 26.4. The van der Waals surface area contributed by atoms with E-state index in [1.165, 1.54) is 18.9 Å². The van der Waals surface area contributed by atoms with Crippen LogP contribution in [-0.2, 0) is 9.53 Å². The van der Waals surface area contributed by atoms with Crippen LogP contribution < -0.4 is 15.4 Å². The summed E-state index contributed by atoms with van der Waals surface area (Å²) in [5.41, 5.74) is 5.29. The number of hydrogen-bond acceptors (Lipinski definition) is 7. The summed E-state index contributed by atoms with van der Waals surface area (Å²) < 4.78 is 28.1. The van der Waals surface area contributed by atoms with E-state index in [0.29, 0.717) is 55.8 Å². The van der Waals surface area contributed by atoms with Gasteiger partial charge in [-0.2, -0.15) is 0 Å². The van der Waals surface area contributed by atoms with Gasteiger partial charge in [-0.1, -0.05) is 30.3 Å². The quantitative estimate of drug-likeness (QED) is 0.291. The highest BCUT2D eigenvalue weighted by molar-refractivity contribution is 6.26. The van der Waals surface area contributed by atoms with Gasteiger partial charge in [0, 0.05) is 79.5 Å². The number of morpholine rings is 1. The molecule has 8 nitrogen and oxygen atoms in total. The fourth-order valence-corrected chi connectivity index (χ4v) is 8.21. The summed E-state index contributed by atoms with van der Waals surface area (Å²) in [5.74, 6) is 0.0631. The van der Waals surface area contributed by atoms with Gasteiger partial charge in [0.2, 0.25) is 0 Å². The van der Waals surface area contributed by atoms with Gasteiger partial charge >= 0.3 is 0 Å². The third-order valence-electron chi connectivity index (χ3n) is 10.9. The summed E-state index contributed by atoms with van der Waals surface area (Å²) in [4.78, 5) is 32.6. The maximum Gasteiger partial charge on any atom is 0.254 e. The molecule has 3 aliphatic carbocycles. The maximum absolute atomic E-state index is 16.1. The summed E-state index contributed by atoms with van der Waals surface area (Å²) in [6.07, 6.45) is 6.62. The van der Waals surface area contributed by atoms with Crippen molar-refractivity contribution in [3.05, 3.63) is 87.9 Å². The molecule has 1 saturated carbocycles. The molecule has 3 aliphatic heterocycles. The monoisotopic (exact) mass is 634 g/mol. The van der Waals surface area contributed by atoms with E-state index in [4.69, 9.17) is 9.47 Å². The first kappa shape index (κ1) is 29.0. The van der Waals surface area contributed by atoms with E-state index in [-0.39, 0.29) is 22.7 Å². The van der Waals surface area contributed by atoms with E-state index in [0.717, 1.165) is 61.3 Å². The molecule has 0 bridgehead atoms. The number of nitrogens with zero attached hydrogens (tertiary/aromatic N) is 2. The predicted molar refractivity (Wildman–Crippen MR) is 178 cm³/mol. The SMILES string of the molecule is O=C(NCCC1CCCN1C1=C2CC21)C1=CCC2c3cc4ccccc4cc3Oc3c(NCCN4CCOCC4)c(F)cc(c32)C1=O. The number of halogens is 1. The second-order valence-electron chi connectivity index (χ2n) is 13.7. The molecule has 47 heavy (non-hydrogen) atoms. The minimum atomic E-state index is -0.562. The molecule has 0 spiro atoms. The van der Waals surface area contributed by atoms with Gasteiger partial charge in [-0.25, -0.2) is 4.39 Å². The van der Waals surface area contributed by atoms with Crippen LogP contribution in [0.5, 0.6) is 11.5 Å². The van der Waals surface area contributed by atoms with E-state index >= 15 is 4.39 Å². The van der Waals surface area contributed by atoms with Crippen molar-refractivity contribution in [3.8, 4) is 11.5 Å². The molecule has 3 atom stereocenters. The normalized spacial score (nSPS) is 24.2. The van der Waals surface area contributed by atoms with Crippen LogP contribution in [0.3, 0.4) is 0 Å². The van der Waals surface area contributed by atoms with Gasteiger partial charge in [-0.05, 0) is 66.6 Å². The molecule has 3 fully saturated rings. The smallest absolute Gasteiger partial charge is 0.254 e. The Balaban J connectivity index is 1.01. The van der Waals surface area contributed by atoms with Crippen LogP contribution in [0.4, 0.5) is 10.1 Å². The maximum atomic E-state index is 16.1. The molecule has 3 aromatic rings. The molecule has 0 radical (unpaired) electrons. The number of rotatable bonds is 9. The van der Waals surface area contributed by atoms with Gasteiger partial charge < -0.3 is 25.0 Å². The third kappa shape index (κ3) is 5.11. The second kappa shape index (κ2) is 11.5. The number of ketones is 1. The minimum Gasteiger partial charge on any atom is -0.454 e. The first-order chi connectivity index (χ1) is 23.0. The largest absolute Gasteiger partial charge is 0.454 e. The number of benzene rings is 3. The first-order valence-corrected chi connectivity index (χ1v) is 17.2. The minimum absolute atomic E-state index is 0.0769. The lowest BCUT2D eigenvalue weighted by Gasteiger charge is -2.31. The van der Waals surface area contributed by atoms with Gasteiger partial charge in [0.05, 0.1) is 18.8 Å². The molecular formula is C38H39FN4O4. The van der Waals surface area contributed by atoms with Crippen molar-refractivity contribution in [2.45, 2.75) is 44.1 Å². The lowest BCUT2D eigenvalue weighted by Crippen LogP contribution is -2.39. The number of allylic oxidation sites excluding steroid dienone is 3. The lowest BCUT2D eigenvalue weighted by molar-refractivity contribution is -0.117. The van der Waals surface area contributed by atoms with Gasteiger partial charge in [-0.3, -0.25) is 14.5 Å². The van der Waals surface area contributed by atoms with E-state index in [2.05, 4.69) is 32.6 Å². The highest BCUT2D eigenvalue weighted by Gasteiger charge is 2.55. The van der Waals surface area contributed by atoms with Crippen LogP contribution in [0, 0.1) is 11.7 Å². The van der Waals surface area contributed by atoms with E-state index in [9.17, 15) is 9.59 Å². The summed E-state index contributed by atoms with van der Waals surface area (Å²) in [6, 6.07) is 13.9. The Bertz CT molecular complexity index is 1880.